The van der Waals surface area contributed by atoms with Crippen LogP contribution in [-0.2, 0) is 10.0 Å². The van der Waals surface area contributed by atoms with Crippen molar-refractivity contribution >= 4 is 21.6 Å². The lowest BCUT2D eigenvalue weighted by Gasteiger charge is -2.16. The van der Waals surface area contributed by atoms with Crippen LogP contribution >= 0.6 is 0 Å². The molecule has 0 fully saturated rings. The number of carbonyl (C=O) groups excluding carboxylic acids is 1. The summed E-state index contributed by atoms with van der Waals surface area (Å²) in [7, 11) is -0.913. The fourth-order valence-electron chi connectivity index (χ4n) is 2.38. The van der Waals surface area contributed by atoms with Crippen LogP contribution in [0.4, 0.5) is 14.5 Å². The minimum Gasteiger partial charge on any atom is -0.435 e. The normalized spacial score (nSPS) is 11.7. The van der Waals surface area contributed by atoms with Crippen molar-refractivity contribution in [3.8, 4) is 5.75 Å². The monoisotopic (exact) mass is 398 g/mol. The molecule has 0 aliphatic rings. The Balaban J connectivity index is 2.36. The summed E-state index contributed by atoms with van der Waals surface area (Å²) in [6.45, 7) is 0.394. The van der Waals surface area contributed by atoms with Crippen molar-refractivity contribution in [2.45, 2.75) is 25.4 Å². The largest absolute Gasteiger partial charge is 0.435 e. The summed E-state index contributed by atoms with van der Waals surface area (Å²) < 4.78 is 55.0. The lowest BCUT2D eigenvalue weighted by Crippen LogP contribution is -2.24. The highest BCUT2D eigenvalue weighted by atomic mass is 32.2. The lowest BCUT2D eigenvalue weighted by molar-refractivity contribution is -0.0498. The number of sulfonamides is 1. The zero-order valence-electron chi connectivity index (χ0n) is 15.3. The van der Waals surface area contributed by atoms with E-state index in [1.54, 1.807) is 19.9 Å². The topological polar surface area (TPSA) is 75.7 Å². The predicted octanol–water partition coefficient (Wildman–Crippen LogP) is 3.41. The molecule has 9 heteroatoms. The number of hydrogen-bond donors (Lipinski definition) is 1. The van der Waals surface area contributed by atoms with E-state index in [0.717, 1.165) is 4.31 Å². The number of alkyl halides is 2. The number of hydrogen-bond acceptors (Lipinski definition) is 4. The van der Waals surface area contributed by atoms with Gasteiger partial charge >= 0.3 is 6.61 Å². The molecule has 0 saturated carbocycles. The van der Waals surface area contributed by atoms with E-state index in [4.69, 9.17) is 0 Å². The Morgan fingerprint density at radius 1 is 1.15 bits per heavy atom. The number of rotatable bonds is 6. The van der Waals surface area contributed by atoms with E-state index in [0.29, 0.717) is 11.1 Å². The van der Waals surface area contributed by atoms with Crippen LogP contribution in [0, 0.1) is 13.8 Å². The summed E-state index contributed by atoms with van der Waals surface area (Å²) in [5.41, 5.74) is 1.57. The van der Waals surface area contributed by atoms with Crippen molar-refractivity contribution in [3.05, 3.63) is 53.1 Å². The van der Waals surface area contributed by atoms with Crippen molar-refractivity contribution in [1.29, 1.82) is 0 Å². The number of anilines is 1. The molecule has 0 spiro atoms. The first-order valence-corrected chi connectivity index (χ1v) is 9.36. The van der Waals surface area contributed by atoms with Gasteiger partial charge in [0.1, 0.15) is 5.75 Å². The van der Waals surface area contributed by atoms with Gasteiger partial charge in [-0.3, -0.25) is 4.79 Å². The molecule has 1 N–H and O–H groups in total. The summed E-state index contributed by atoms with van der Waals surface area (Å²) in [6, 6.07) is 8.41. The first-order chi connectivity index (χ1) is 12.5. The molecule has 0 aliphatic heterocycles. The van der Waals surface area contributed by atoms with E-state index in [2.05, 4.69) is 10.1 Å². The maximum atomic E-state index is 12.6. The Hall–Kier alpha value is -2.52. The van der Waals surface area contributed by atoms with Crippen molar-refractivity contribution in [1.82, 2.24) is 4.31 Å². The second kappa shape index (κ2) is 8.01. The Morgan fingerprint density at radius 2 is 1.81 bits per heavy atom. The predicted molar refractivity (Wildman–Crippen MR) is 97.8 cm³/mol. The first kappa shape index (κ1) is 20.8. The van der Waals surface area contributed by atoms with Crippen molar-refractivity contribution in [3.63, 3.8) is 0 Å². The van der Waals surface area contributed by atoms with E-state index in [9.17, 15) is 22.0 Å². The van der Waals surface area contributed by atoms with Gasteiger partial charge in [-0.2, -0.15) is 8.78 Å². The molecular weight excluding hydrogens is 378 g/mol. The minimum atomic E-state index is -3.73. The lowest BCUT2D eigenvalue weighted by atomic mass is 10.1. The molecule has 146 valence electrons. The maximum Gasteiger partial charge on any atom is 0.387 e. The number of halogens is 2. The molecule has 0 unspecified atom stereocenters. The minimum absolute atomic E-state index is 0.0347. The Kier molecular flexibility index (Phi) is 6.17. The summed E-state index contributed by atoms with van der Waals surface area (Å²) in [6.07, 6.45) is 0. The molecule has 2 aromatic rings. The van der Waals surface area contributed by atoms with Gasteiger partial charge in [-0.15, -0.1) is 0 Å². The second-order valence-electron chi connectivity index (χ2n) is 6.06. The van der Waals surface area contributed by atoms with E-state index in [1.165, 1.54) is 44.4 Å². The SMILES string of the molecule is Cc1cc(C(=O)Nc2cccc(OC(F)F)c2)cc(S(=O)(=O)N(C)C)c1C. The van der Waals surface area contributed by atoms with Gasteiger partial charge < -0.3 is 10.1 Å². The number of nitrogens with zero attached hydrogens (tertiary/aromatic N) is 1. The van der Waals surface area contributed by atoms with Crippen LogP contribution in [0.5, 0.6) is 5.75 Å². The first-order valence-electron chi connectivity index (χ1n) is 7.92. The number of amides is 1. The van der Waals surface area contributed by atoms with Gasteiger partial charge in [-0.1, -0.05) is 6.07 Å². The number of nitrogens with one attached hydrogen (secondary N) is 1. The number of carbonyl (C=O) groups is 1. The third-order valence-electron chi connectivity index (χ3n) is 3.96. The molecule has 1 amide bonds. The molecule has 27 heavy (non-hydrogen) atoms. The van der Waals surface area contributed by atoms with Gasteiger partial charge in [0.15, 0.2) is 0 Å². The highest BCUT2D eigenvalue weighted by molar-refractivity contribution is 7.89. The van der Waals surface area contributed by atoms with E-state index in [-0.39, 0.29) is 21.9 Å². The highest BCUT2D eigenvalue weighted by Crippen LogP contribution is 2.25. The van der Waals surface area contributed by atoms with E-state index < -0.39 is 22.5 Å². The standard InChI is InChI=1S/C18H20F2N2O4S/c1-11-8-13(9-16(12(11)2)27(24,25)22(3)4)17(23)21-14-6-5-7-15(10-14)26-18(19)20/h5-10,18H,1-4H3,(H,21,23). The molecule has 0 aromatic heterocycles. The quantitative estimate of drug-likeness (QED) is 0.809. The maximum absolute atomic E-state index is 12.6. The van der Waals surface area contributed by atoms with Gasteiger partial charge in [0.25, 0.3) is 5.91 Å². The third kappa shape index (κ3) is 4.81. The molecule has 0 saturated heterocycles. The molecule has 0 bridgehead atoms. The van der Waals surface area contributed by atoms with Gasteiger partial charge in [0.2, 0.25) is 10.0 Å². The van der Waals surface area contributed by atoms with Crippen molar-refractivity contribution < 1.29 is 26.7 Å². The number of aryl methyl sites for hydroxylation is 1. The Labute approximate surface area is 156 Å². The fraction of sp³-hybridized carbons (Fsp3) is 0.278. The summed E-state index contributed by atoms with van der Waals surface area (Å²) in [5, 5.41) is 2.55. The van der Waals surface area contributed by atoms with E-state index in [1.807, 2.05) is 0 Å². The molecule has 0 heterocycles. The number of ether oxygens (including phenoxy) is 1. The summed E-state index contributed by atoms with van der Waals surface area (Å²) in [4.78, 5) is 12.6. The van der Waals surface area contributed by atoms with E-state index >= 15 is 0 Å². The Morgan fingerprint density at radius 3 is 2.41 bits per heavy atom. The van der Waals surface area contributed by atoms with Gasteiger partial charge in [-0.05, 0) is 49.2 Å². The second-order valence-corrected chi connectivity index (χ2v) is 8.18. The Bertz CT molecular complexity index is 960. The molecule has 0 radical (unpaired) electrons. The van der Waals surface area contributed by atoms with Gasteiger partial charge in [-0.25, -0.2) is 12.7 Å². The molecule has 0 aliphatic carbocycles. The van der Waals surface area contributed by atoms with Gasteiger partial charge in [0, 0.05) is 31.4 Å². The summed E-state index contributed by atoms with van der Waals surface area (Å²) >= 11 is 0. The summed E-state index contributed by atoms with van der Waals surface area (Å²) in [5.74, 6) is -0.665. The zero-order chi connectivity index (χ0) is 20.4. The van der Waals surface area contributed by atoms with Crippen LogP contribution in [-0.4, -0.2) is 39.3 Å². The zero-order valence-corrected chi connectivity index (χ0v) is 16.1. The number of benzene rings is 2. The van der Waals surface area contributed by atoms with Crippen LogP contribution in [0.25, 0.3) is 0 Å². The van der Waals surface area contributed by atoms with Crippen molar-refractivity contribution in [2.24, 2.45) is 0 Å². The molecular formula is C18H20F2N2O4S. The highest BCUT2D eigenvalue weighted by Gasteiger charge is 2.23. The van der Waals surface area contributed by atoms with Crippen molar-refractivity contribution in [2.75, 3.05) is 19.4 Å². The molecule has 2 aromatic carbocycles. The molecule has 0 atom stereocenters. The van der Waals surface area contributed by atoms with Crippen LogP contribution in [0.15, 0.2) is 41.3 Å². The smallest absolute Gasteiger partial charge is 0.387 e. The fourth-order valence-corrected chi connectivity index (χ4v) is 3.59. The van der Waals surface area contributed by atoms with Crippen LogP contribution in [0.1, 0.15) is 21.5 Å². The average molecular weight is 398 g/mol. The van der Waals surface area contributed by atoms with Crippen LogP contribution < -0.4 is 10.1 Å². The van der Waals surface area contributed by atoms with Gasteiger partial charge in [0.05, 0.1) is 4.90 Å². The van der Waals surface area contributed by atoms with Crippen LogP contribution in [0.2, 0.25) is 0 Å². The average Bonchev–Trinajstić information content (AvgIpc) is 2.56. The van der Waals surface area contributed by atoms with Crippen LogP contribution in [0.3, 0.4) is 0 Å². The molecule has 2 rings (SSSR count). The molecule has 6 nitrogen and oxygen atoms in total. The third-order valence-corrected chi connectivity index (χ3v) is 5.90.